The Morgan fingerprint density at radius 1 is 1.33 bits per heavy atom. The molecule has 1 aromatic heterocycles. The van der Waals surface area contributed by atoms with Crippen LogP contribution in [0, 0.1) is 0 Å². The Bertz CT molecular complexity index is 380. The lowest BCUT2D eigenvalue weighted by atomic mass is 10.1. The van der Waals surface area contributed by atoms with Gasteiger partial charge in [0.15, 0.2) is 0 Å². The van der Waals surface area contributed by atoms with Crippen LogP contribution in [0.5, 0.6) is 0 Å². The molecule has 18 heavy (non-hydrogen) atoms. The minimum Gasteiger partial charge on any atom is -0.357 e. The van der Waals surface area contributed by atoms with Crippen molar-refractivity contribution in [3.8, 4) is 0 Å². The molecule has 1 N–H and O–H groups in total. The topological polar surface area (TPSA) is 37.3 Å². The van der Waals surface area contributed by atoms with Gasteiger partial charge in [0, 0.05) is 52.0 Å². The quantitative estimate of drug-likeness (QED) is 0.795. The number of nitrogens with one attached hydrogen (secondary N) is 1. The molecule has 1 aliphatic rings. The van der Waals surface area contributed by atoms with Gasteiger partial charge in [0.25, 0.3) is 0 Å². The molecule has 1 saturated heterocycles. The highest BCUT2D eigenvalue weighted by Gasteiger charge is 2.15. The fourth-order valence-electron chi connectivity index (χ4n) is 2.39. The first-order chi connectivity index (χ1) is 8.75. The van der Waals surface area contributed by atoms with Crippen molar-refractivity contribution in [3.05, 3.63) is 24.0 Å². The van der Waals surface area contributed by atoms with Gasteiger partial charge in [0.1, 0.15) is 0 Å². The first-order valence-electron chi connectivity index (χ1n) is 6.85. The summed E-state index contributed by atoms with van der Waals surface area (Å²) in [6, 6.07) is 2.15. The van der Waals surface area contributed by atoms with E-state index in [1.54, 1.807) is 0 Å². The fraction of sp³-hybridized carbons (Fsp3) is 0.643. The molecule has 1 aliphatic heterocycles. The lowest BCUT2D eigenvalue weighted by molar-refractivity contribution is -0.131. The molecule has 1 fully saturated rings. The smallest absolute Gasteiger partial charge is 0.222 e. The number of unbranched alkanes of at least 4 members (excludes halogenated alkanes) is 1. The van der Waals surface area contributed by atoms with E-state index in [1.165, 1.54) is 5.56 Å². The summed E-state index contributed by atoms with van der Waals surface area (Å²) >= 11 is 0. The molecule has 1 aromatic rings. The SMILES string of the molecule is Cn1ccc(CCCCC(=O)N2CCNCC2)c1. The van der Waals surface area contributed by atoms with Crippen LogP contribution in [0.15, 0.2) is 18.5 Å². The van der Waals surface area contributed by atoms with E-state index in [1.807, 2.05) is 11.9 Å². The second kappa shape index (κ2) is 6.59. The molecule has 2 rings (SSSR count). The number of hydrogen-bond donors (Lipinski definition) is 1. The zero-order valence-electron chi connectivity index (χ0n) is 11.2. The van der Waals surface area contributed by atoms with Crippen LogP contribution in [0.25, 0.3) is 0 Å². The molecule has 0 unspecified atom stereocenters. The van der Waals surface area contributed by atoms with E-state index in [0.717, 1.165) is 45.4 Å². The summed E-state index contributed by atoms with van der Waals surface area (Å²) in [5.41, 5.74) is 1.37. The minimum atomic E-state index is 0.324. The van der Waals surface area contributed by atoms with Crippen molar-refractivity contribution in [1.29, 1.82) is 0 Å². The highest BCUT2D eigenvalue weighted by atomic mass is 16.2. The van der Waals surface area contributed by atoms with Gasteiger partial charge in [0.2, 0.25) is 5.91 Å². The average Bonchev–Trinajstić information content (AvgIpc) is 2.81. The molecule has 1 amide bonds. The van der Waals surface area contributed by atoms with Crippen LogP contribution < -0.4 is 5.32 Å². The van der Waals surface area contributed by atoms with Crippen molar-refractivity contribution in [2.75, 3.05) is 26.2 Å². The zero-order chi connectivity index (χ0) is 12.8. The number of rotatable bonds is 5. The predicted molar refractivity (Wildman–Crippen MR) is 72.4 cm³/mol. The van der Waals surface area contributed by atoms with Gasteiger partial charge in [-0.1, -0.05) is 0 Å². The molecule has 4 nitrogen and oxygen atoms in total. The molecular weight excluding hydrogens is 226 g/mol. The molecule has 0 atom stereocenters. The molecular formula is C14H23N3O. The zero-order valence-corrected chi connectivity index (χ0v) is 11.2. The lowest BCUT2D eigenvalue weighted by Crippen LogP contribution is -2.46. The van der Waals surface area contributed by atoms with Gasteiger partial charge in [-0.2, -0.15) is 0 Å². The van der Waals surface area contributed by atoms with Gasteiger partial charge in [-0.25, -0.2) is 0 Å². The maximum absolute atomic E-state index is 11.9. The van der Waals surface area contributed by atoms with Crippen molar-refractivity contribution in [2.24, 2.45) is 7.05 Å². The molecule has 0 aromatic carbocycles. The van der Waals surface area contributed by atoms with Gasteiger partial charge in [-0.15, -0.1) is 0 Å². The van der Waals surface area contributed by atoms with Gasteiger partial charge >= 0.3 is 0 Å². The summed E-state index contributed by atoms with van der Waals surface area (Å²) < 4.78 is 2.07. The Hall–Kier alpha value is -1.29. The summed E-state index contributed by atoms with van der Waals surface area (Å²) in [4.78, 5) is 13.9. The molecule has 2 heterocycles. The van der Waals surface area contributed by atoms with Crippen LogP contribution in [0.3, 0.4) is 0 Å². The summed E-state index contributed by atoms with van der Waals surface area (Å²) in [6.45, 7) is 3.63. The van der Waals surface area contributed by atoms with E-state index >= 15 is 0 Å². The summed E-state index contributed by atoms with van der Waals surface area (Å²) in [6.07, 6.45) is 8.10. The maximum Gasteiger partial charge on any atom is 0.222 e. The van der Waals surface area contributed by atoms with Crippen molar-refractivity contribution in [3.63, 3.8) is 0 Å². The van der Waals surface area contributed by atoms with Gasteiger partial charge < -0.3 is 14.8 Å². The largest absolute Gasteiger partial charge is 0.357 e. The molecule has 0 aliphatic carbocycles. The molecule has 100 valence electrons. The van der Waals surface area contributed by atoms with Crippen LogP contribution in [-0.2, 0) is 18.3 Å². The molecule has 4 heteroatoms. The Balaban J connectivity index is 1.61. The lowest BCUT2D eigenvalue weighted by Gasteiger charge is -2.27. The molecule has 0 spiro atoms. The van der Waals surface area contributed by atoms with E-state index in [9.17, 15) is 4.79 Å². The van der Waals surface area contributed by atoms with Crippen molar-refractivity contribution in [2.45, 2.75) is 25.7 Å². The van der Waals surface area contributed by atoms with Crippen LogP contribution >= 0.6 is 0 Å². The predicted octanol–water partition coefficient (Wildman–Crippen LogP) is 1.17. The normalized spacial score (nSPS) is 15.9. The Morgan fingerprint density at radius 3 is 2.78 bits per heavy atom. The number of aromatic nitrogens is 1. The number of nitrogens with zero attached hydrogens (tertiary/aromatic N) is 2. The summed E-state index contributed by atoms with van der Waals surface area (Å²) in [5.74, 6) is 0.324. The second-order valence-electron chi connectivity index (χ2n) is 5.02. The Morgan fingerprint density at radius 2 is 2.11 bits per heavy atom. The molecule has 0 saturated carbocycles. The van der Waals surface area contributed by atoms with Gasteiger partial charge in [0.05, 0.1) is 0 Å². The van der Waals surface area contributed by atoms with E-state index in [0.29, 0.717) is 12.3 Å². The van der Waals surface area contributed by atoms with Crippen LogP contribution in [0.4, 0.5) is 0 Å². The van der Waals surface area contributed by atoms with E-state index in [2.05, 4.69) is 28.3 Å². The van der Waals surface area contributed by atoms with Gasteiger partial charge in [-0.05, 0) is 30.9 Å². The van der Waals surface area contributed by atoms with Crippen LogP contribution in [0.1, 0.15) is 24.8 Å². The maximum atomic E-state index is 11.9. The number of hydrogen-bond acceptors (Lipinski definition) is 2. The fourth-order valence-corrected chi connectivity index (χ4v) is 2.39. The van der Waals surface area contributed by atoms with E-state index < -0.39 is 0 Å². The van der Waals surface area contributed by atoms with Crippen LogP contribution in [0.2, 0.25) is 0 Å². The van der Waals surface area contributed by atoms with Crippen molar-refractivity contribution < 1.29 is 4.79 Å². The highest BCUT2D eigenvalue weighted by molar-refractivity contribution is 5.76. The minimum absolute atomic E-state index is 0.324. The molecule has 0 radical (unpaired) electrons. The third kappa shape index (κ3) is 3.88. The number of carbonyl (C=O) groups excluding carboxylic acids is 1. The molecule has 0 bridgehead atoms. The number of aryl methyl sites for hydroxylation is 2. The monoisotopic (exact) mass is 249 g/mol. The van der Waals surface area contributed by atoms with Gasteiger partial charge in [-0.3, -0.25) is 4.79 Å². The van der Waals surface area contributed by atoms with E-state index in [-0.39, 0.29) is 0 Å². The third-order valence-corrected chi connectivity index (χ3v) is 3.47. The Labute approximate surface area is 109 Å². The number of amides is 1. The van der Waals surface area contributed by atoms with Crippen molar-refractivity contribution in [1.82, 2.24) is 14.8 Å². The average molecular weight is 249 g/mol. The summed E-state index contributed by atoms with van der Waals surface area (Å²) in [7, 11) is 2.04. The Kier molecular flexibility index (Phi) is 4.81. The van der Waals surface area contributed by atoms with Crippen molar-refractivity contribution >= 4 is 5.91 Å². The van der Waals surface area contributed by atoms with Crippen LogP contribution in [-0.4, -0.2) is 41.6 Å². The number of carbonyl (C=O) groups is 1. The summed E-state index contributed by atoms with van der Waals surface area (Å²) in [5, 5.41) is 3.26. The second-order valence-corrected chi connectivity index (χ2v) is 5.02. The van der Waals surface area contributed by atoms with E-state index in [4.69, 9.17) is 0 Å². The first-order valence-corrected chi connectivity index (χ1v) is 6.85. The third-order valence-electron chi connectivity index (χ3n) is 3.47. The highest BCUT2D eigenvalue weighted by Crippen LogP contribution is 2.08. The first kappa shape index (κ1) is 13.1. The standard InChI is InChI=1S/C14H23N3O/c1-16-9-6-13(12-16)4-2-3-5-14(18)17-10-7-15-8-11-17/h6,9,12,15H,2-5,7-8,10-11H2,1H3. The number of piperazine rings is 1.